The highest BCUT2D eigenvalue weighted by atomic mass is 79.9. The van der Waals surface area contributed by atoms with Crippen molar-refractivity contribution in [2.45, 2.75) is 33.2 Å². The average Bonchev–Trinajstić information content (AvgIpc) is 2.22. The first-order chi connectivity index (χ1) is 8.02. The molecule has 1 rings (SSSR count). The van der Waals surface area contributed by atoms with Crippen LogP contribution in [0.3, 0.4) is 0 Å². The molecule has 0 aliphatic carbocycles. The number of hydrogen-bond donors (Lipinski definition) is 2. The predicted molar refractivity (Wildman–Crippen MR) is 75.3 cm³/mol. The lowest BCUT2D eigenvalue weighted by molar-refractivity contribution is -0.116. The molecule has 94 valence electrons. The van der Waals surface area contributed by atoms with Gasteiger partial charge in [0.1, 0.15) is 0 Å². The van der Waals surface area contributed by atoms with Gasteiger partial charge in [0.25, 0.3) is 0 Å². The standard InChI is InChI=1S/C13H19BrN2O/c1-4-15-10(3)8-13(17)16-12-6-5-11(14)7-9(12)2/h5-7,10,15H,4,8H2,1-3H3,(H,16,17). The highest BCUT2D eigenvalue weighted by Gasteiger charge is 2.09. The van der Waals surface area contributed by atoms with Gasteiger partial charge in [0.2, 0.25) is 5.91 Å². The minimum absolute atomic E-state index is 0.0453. The van der Waals surface area contributed by atoms with Crippen molar-refractivity contribution in [1.29, 1.82) is 0 Å². The Labute approximate surface area is 111 Å². The Morgan fingerprint density at radius 1 is 1.47 bits per heavy atom. The molecule has 4 heteroatoms. The third-order valence-corrected chi connectivity index (χ3v) is 3.00. The van der Waals surface area contributed by atoms with E-state index in [1.54, 1.807) is 0 Å². The third kappa shape index (κ3) is 4.88. The number of nitrogens with one attached hydrogen (secondary N) is 2. The number of amides is 1. The van der Waals surface area contributed by atoms with Crippen LogP contribution in [0.4, 0.5) is 5.69 Å². The molecule has 0 aliphatic rings. The fourth-order valence-corrected chi connectivity index (χ4v) is 2.14. The van der Waals surface area contributed by atoms with E-state index in [4.69, 9.17) is 0 Å². The quantitative estimate of drug-likeness (QED) is 0.877. The number of aryl methyl sites for hydroxylation is 1. The molecule has 0 saturated heterocycles. The minimum atomic E-state index is 0.0453. The second-order valence-electron chi connectivity index (χ2n) is 4.17. The van der Waals surface area contributed by atoms with Gasteiger partial charge in [-0.2, -0.15) is 0 Å². The van der Waals surface area contributed by atoms with Crippen molar-refractivity contribution in [3.05, 3.63) is 28.2 Å². The monoisotopic (exact) mass is 298 g/mol. The average molecular weight is 299 g/mol. The fourth-order valence-electron chi connectivity index (χ4n) is 1.67. The Morgan fingerprint density at radius 2 is 2.18 bits per heavy atom. The summed E-state index contributed by atoms with van der Waals surface area (Å²) >= 11 is 3.40. The van der Waals surface area contributed by atoms with Crippen LogP contribution in [0.2, 0.25) is 0 Å². The zero-order valence-corrected chi connectivity index (χ0v) is 12.1. The minimum Gasteiger partial charge on any atom is -0.326 e. The number of anilines is 1. The summed E-state index contributed by atoms with van der Waals surface area (Å²) in [6.45, 7) is 6.91. The topological polar surface area (TPSA) is 41.1 Å². The van der Waals surface area contributed by atoms with Crippen molar-refractivity contribution in [2.24, 2.45) is 0 Å². The van der Waals surface area contributed by atoms with Crippen molar-refractivity contribution in [3.8, 4) is 0 Å². The molecule has 3 nitrogen and oxygen atoms in total. The normalized spacial score (nSPS) is 12.2. The Bertz CT molecular complexity index is 393. The van der Waals surface area contributed by atoms with Crippen LogP contribution >= 0.6 is 15.9 Å². The first-order valence-electron chi connectivity index (χ1n) is 5.82. The molecule has 1 unspecified atom stereocenters. The summed E-state index contributed by atoms with van der Waals surface area (Å²) in [7, 11) is 0. The summed E-state index contributed by atoms with van der Waals surface area (Å²) in [6.07, 6.45) is 0.489. The van der Waals surface area contributed by atoms with Crippen LogP contribution in [0, 0.1) is 6.92 Å². The van der Waals surface area contributed by atoms with E-state index in [2.05, 4.69) is 26.6 Å². The molecule has 0 saturated carbocycles. The van der Waals surface area contributed by atoms with Crippen LogP contribution in [-0.2, 0) is 4.79 Å². The van der Waals surface area contributed by atoms with E-state index in [1.807, 2.05) is 39.0 Å². The van der Waals surface area contributed by atoms with Crippen LogP contribution in [0.15, 0.2) is 22.7 Å². The van der Waals surface area contributed by atoms with E-state index < -0.39 is 0 Å². The van der Waals surface area contributed by atoms with Gasteiger partial charge in [-0.05, 0) is 44.2 Å². The third-order valence-electron chi connectivity index (χ3n) is 2.51. The van der Waals surface area contributed by atoms with Crippen LogP contribution in [0.5, 0.6) is 0 Å². The molecular formula is C13H19BrN2O. The highest BCUT2D eigenvalue weighted by Crippen LogP contribution is 2.20. The van der Waals surface area contributed by atoms with Crippen LogP contribution in [-0.4, -0.2) is 18.5 Å². The molecule has 1 amide bonds. The number of halogens is 1. The van der Waals surface area contributed by atoms with Crippen molar-refractivity contribution in [2.75, 3.05) is 11.9 Å². The highest BCUT2D eigenvalue weighted by molar-refractivity contribution is 9.10. The molecule has 1 aromatic rings. The number of carbonyl (C=O) groups excluding carboxylic acids is 1. The van der Waals surface area contributed by atoms with Crippen LogP contribution in [0.25, 0.3) is 0 Å². The second kappa shape index (κ2) is 6.77. The number of hydrogen-bond acceptors (Lipinski definition) is 2. The number of rotatable bonds is 5. The van der Waals surface area contributed by atoms with E-state index in [0.717, 1.165) is 22.3 Å². The summed E-state index contributed by atoms with van der Waals surface area (Å²) in [5.74, 6) is 0.0453. The molecule has 0 heterocycles. The van der Waals surface area contributed by atoms with Gasteiger partial charge in [0, 0.05) is 22.6 Å². The fraction of sp³-hybridized carbons (Fsp3) is 0.462. The zero-order valence-electron chi connectivity index (χ0n) is 10.5. The lowest BCUT2D eigenvalue weighted by Gasteiger charge is -2.13. The van der Waals surface area contributed by atoms with Crippen molar-refractivity contribution >= 4 is 27.5 Å². The summed E-state index contributed by atoms with van der Waals surface area (Å²) in [4.78, 5) is 11.8. The molecule has 0 fully saturated rings. The maximum absolute atomic E-state index is 11.8. The summed E-state index contributed by atoms with van der Waals surface area (Å²) < 4.78 is 1.02. The Balaban J connectivity index is 2.56. The molecular weight excluding hydrogens is 280 g/mol. The molecule has 1 aromatic carbocycles. The zero-order chi connectivity index (χ0) is 12.8. The van der Waals surface area contributed by atoms with Gasteiger partial charge >= 0.3 is 0 Å². The van der Waals surface area contributed by atoms with Gasteiger partial charge in [-0.15, -0.1) is 0 Å². The summed E-state index contributed by atoms with van der Waals surface area (Å²) in [6, 6.07) is 6.03. The molecule has 0 aliphatic heterocycles. The summed E-state index contributed by atoms with van der Waals surface area (Å²) in [5, 5.41) is 6.14. The van der Waals surface area contributed by atoms with Gasteiger partial charge < -0.3 is 10.6 Å². The maximum Gasteiger partial charge on any atom is 0.225 e. The maximum atomic E-state index is 11.8. The van der Waals surface area contributed by atoms with Crippen molar-refractivity contribution < 1.29 is 4.79 Å². The molecule has 0 radical (unpaired) electrons. The number of benzene rings is 1. The smallest absolute Gasteiger partial charge is 0.225 e. The van der Waals surface area contributed by atoms with Crippen molar-refractivity contribution in [1.82, 2.24) is 5.32 Å². The molecule has 17 heavy (non-hydrogen) atoms. The Morgan fingerprint density at radius 3 is 2.76 bits per heavy atom. The van der Waals surface area contributed by atoms with Crippen molar-refractivity contribution in [3.63, 3.8) is 0 Å². The lowest BCUT2D eigenvalue weighted by Crippen LogP contribution is -2.30. The van der Waals surface area contributed by atoms with E-state index in [0.29, 0.717) is 6.42 Å². The van der Waals surface area contributed by atoms with Gasteiger partial charge in [-0.25, -0.2) is 0 Å². The van der Waals surface area contributed by atoms with Crippen LogP contribution < -0.4 is 10.6 Å². The lowest BCUT2D eigenvalue weighted by atomic mass is 10.2. The van der Waals surface area contributed by atoms with E-state index in [1.165, 1.54) is 0 Å². The Hall–Kier alpha value is -0.870. The van der Waals surface area contributed by atoms with E-state index in [9.17, 15) is 4.79 Å². The van der Waals surface area contributed by atoms with Gasteiger partial charge in [0.15, 0.2) is 0 Å². The Kier molecular flexibility index (Phi) is 5.65. The van der Waals surface area contributed by atoms with Crippen LogP contribution in [0.1, 0.15) is 25.8 Å². The summed E-state index contributed by atoms with van der Waals surface area (Å²) in [5.41, 5.74) is 1.94. The first-order valence-corrected chi connectivity index (χ1v) is 6.61. The number of carbonyl (C=O) groups is 1. The SMILES string of the molecule is CCNC(C)CC(=O)Nc1ccc(Br)cc1C. The first kappa shape index (κ1) is 14.2. The van der Waals surface area contributed by atoms with Gasteiger partial charge in [-0.3, -0.25) is 4.79 Å². The second-order valence-corrected chi connectivity index (χ2v) is 5.09. The van der Waals surface area contributed by atoms with E-state index >= 15 is 0 Å². The molecule has 2 N–H and O–H groups in total. The molecule has 0 bridgehead atoms. The van der Waals surface area contributed by atoms with Gasteiger partial charge in [-0.1, -0.05) is 22.9 Å². The van der Waals surface area contributed by atoms with Gasteiger partial charge in [0.05, 0.1) is 0 Å². The predicted octanol–water partition coefficient (Wildman–Crippen LogP) is 3.08. The molecule has 0 spiro atoms. The molecule has 1 atom stereocenters. The van der Waals surface area contributed by atoms with E-state index in [-0.39, 0.29) is 11.9 Å². The molecule has 0 aromatic heterocycles. The largest absolute Gasteiger partial charge is 0.326 e.